The molecule has 0 saturated heterocycles. The first-order valence-electron chi connectivity index (χ1n) is 6.23. The third-order valence-electron chi connectivity index (χ3n) is 2.36. The van der Waals surface area contributed by atoms with Crippen molar-refractivity contribution in [3.8, 4) is 0 Å². The van der Waals surface area contributed by atoms with Gasteiger partial charge in [-0.15, -0.1) is 0 Å². The predicted octanol–water partition coefficient (Wildman–Crippen LogP) is 2.47. The average Bonchev–Trinajstić information content (AvgIpc) is 2.66. The van der Waals surface area contributed by atoms with Gasteiger partial charge >= 0.3 is 0 Å². The van der Waals surface area contributed by atoms with Crippen LogP contribution in [0.15, 0.2) is 20.0 Å². The molecule has 7 heteroatoms. The van der Waals surface area contributed by atoms with E-state index in [0.29, 0.717) is 24.9 Å². The lowest BCUT2D eigenvalue weighted by atomic mass is 10.2. The second-order valence-electron chi connectivity index (χ2n) is 5.13. The molecule has 0 aliphatic carbocycles. The molecule has 0 radical (unpaired) electrons. The van der Waals surface area contributed by atoms with Crippen molar-refractivity contribution in [2.75, 3.05) is 6.54 Å². The Bertz CT molecular complexity index is 509. The summed E-state index contributed by atoms with van der Waals surface area (Å²) in [4.78, 5) is 0.147. The van der Waals surface area contributed by atoms with E-state index in [1.165, 1.54) is 0 Å². The monoisotopic (exact) mass is 352 g/mol. The normalized spacial score (nSPS) is 12.6. The molecule has 1 aromatic heterocycles. The van der Waals surface area contributed by atoms with Crippen molar-refractivity contribution in [1.82, 2.24) is 10.0 Å². The maximum absolute atomic E-state index is 12.1. The van der Waals surface area contributed by atoms with Gasteiger partial charge in [-0.2, -0.15) is 0 Å². The van der Waals surface area contributed by atoms with Crippen LogP contribution in [0.5, 0.6) is 0 Å². The van der Waals surface area contributed by atoms with E-state index in [2.05, 4.69) is 26.0 Å². The van der Waals surface area contributed by atoms with E-state index in [9.17, 15) is 8.42 Å². The van der Waals surface area contributed by atoms with E-state index in [1.807, 2.05) is 27.7 Å². The van der Waals surface area contributed by atoms with Crippen LogP contribution in [0.4, 0.5) is 0 Å². The Morgan fingerprint density at radius 2 is 1.95 bits per heavy atom. The van der Waals surface area contributed by atoms with Crippen LogP contribution in [0.25, 0.3) is 0 Å². The van der Waals surface area contributed by atoms with Gasteiger partial charge < -0.3 is 9.73 Å². The molecule has 0 saturated carbocycles. The quantitative estimate of drug-likeness (QED) is 0.790. The Kier molecular flexibility index (Phi) is 6.04. The second kappa shape index (κ2) is 6.88. The van der Waals surface area contributed by atoms with Gasteiger partial charge in [0.2, 0.25) is 10.0 Å². The molecule has 1 aromatic rings. The van der Waals surface area contributed by atoms with E-state index >= 15 is 0 Å². The molecule has 0 spiro atoms. The zero-order chi connectivity index (χ0) is 14.6. The fraction of sp³-hybridized carbons (Fsp3) is 0.667. The van der Waals surface area contributed by atoms with Gasteiger partial charge in [0.15, 0.2) is 4.67 Å². The number of nitrogens with one attached hydrogen (secondary N) is 2. The lowest BCUT2D eigenvalue weighted by Gasteiger charge is -2.07. The summed E-state index contributed by atoms with van der Waals surface area (Å²) in [6.45, 7) is 8.82. The Labute approximate surface area is 123 Å². The number of hydrogen-bond acceptors (Lipinski definition) is 4. The molecule has 0 fully saturated rings. The van der Waals surface area contributed by atoms with Crippen LogP contribution < -0.4 is 10.0 Å². The third kappa shape index (κ3) is 5.25. The van der Waals surface area contributed by atoms with E-state index < -0.39 is 10.0 Å². The standard InChI is InChI=1S/C12H21BrN2O3S/c1-8(2)6-15-19(16,17)11-5-10(18-12(11)13)7-14-9(3)4/h5,8-9,14-15H,6-7H2,1-4H3. The zero-order valence-corrected chi connectivity index (χ0v) is 14.1. The maximum Gasteiger partial charge on any atom is 0.244 e. The minimum atomic E-state index is -3.52. The summed E-state index contributed by atoms with van der Waals surface area (Å²) in [7, 11) is -3.52. The van der Waals surface area contributed by atoms with Gasteiger partial charge in [0.05, 0.1) is 6.54 Å². The highest BCUT2D eigenvalue weighted by Crippen LogP contribution is 2.26. The molecule has 19 heavy (non-hydrogen) atoms. The molecule has 0 aliphatic heterocycles. The average molecular weight is 353 g/mol. The van der Waals surface area contributed by atoms with E-state index in [0.717, 1.165) is 0 Å². The van der Waals surface area contributed by atoms with Crippen molar-refractivity contribution in [3.63, 3.8) is 0 Å². The second-order valence-corrected chi connectivity index (χ2v) is 7.59. The van der Waals surface area contributed by atoms with Crippen molar-refractivity contribution in [2.24, 2.45) is 5.92 Å². The fourth-order valence-electron chi connectivity index (χ4n) is 1.33. The van der Waals surface area contributed by atoms with Gasteiger partial charge in [-0.3, -0.25) is 0 Å². The van der Waals surface area contributed by atoms with Gasteiger partial charge in [0.1, 0.15) is 10.7 Å². The van der Waals surface area contributed by atoms with Gasteiger partial charge in [-0.1, -0.05) is 27.7 Å². The summed E-state index contributed by atoms with van der Waals surface area (Å²) >= 11 is 3.15. The lowest BCUT2D eigenvalue weighted by molar-refractivity contribution is 0.447. The zero-order valence-electron chi connectivity index (χ0n) is 11.7. The molecule has 0 amide bonds. The molecule has 110 valence electrons. The smallest absolute Gasteiger partial charge is 0.244 e. The van der Waals surface area contributed by atoms with Crippen molar-refractivity contribution in [1.29, 1.82) is 0 Å². The largest absolute Gasteiger partial charge is 0.452 e. The van der Waals surface area contributed by atoms with Crippen LogP contribution >= 0.6 is 15.9 Å². The Hall–Kier alpha value is -0.370. The SMILES string of the molecule is CC(C)CNS(=O)(=O)c1cc(CNC(C)C)oc1Br. The van der Waals surface area contributed by atoms with Gasteiger partial charge in [0.25, 0.3) is 0 Å². The number of hydrogen-bond donors (Lipinski definition) is 2. The number of rotatable bonds is 7. The van der Waals surface area contributed by atoms with Crippen LogP contribution in [0, 0.1) is 5.92 Å². The van der Waals surface area contributed by atoms with Gasteiger partial charge in [0, 0.05) is 18.7 Å². The number of sulfonamides is 1. The summed E-state index contributed by atoms with van der Waals surface area (Å²) < 4.78 is 32.4. The first-order valence-corrected chi connectivity index (χ1v) is 8.51. The molecular weight excluding hydrogens is 332 g/mol. The Balaban J connectivity index is 2.83. The van der Waals surface area contributed by atoms with Gasteiger partial charge in [-0.25, -0.2) is 13.1 Å². The Morgan fingerprint density at radius 1 is 1.32 bits per heavy atom. The molecule has 0 unspecified atom stereocenters. The number of halogens is 1. The Morgan fingerprint density at radius 3 is 2.47 bits per heavy atom. The van der Waals surface area contributed by atoms with Crippen molar-refractivity contribution in [3.05, 3.63) is 16.5 Å². The maximum atomic E-state index is 12.1. The van der Waals surface area contributed by atoms with Crippen molar-refractivity contribution < 1.29 is 12.8 Å². The summed E-state index contributed by atoms with van der Waals surface area (Å²) in [5.41, 5.74) is 0. The molecule has 0 aliphatic rings. The molecule has 5 nitrogen and oxygen atoms in total. The van der Waals surface area contributed by atoms with Crippen LogP contribution in [-0.2, 0) is 16.6 Å². The summed E-state index contributed by atoms with van der Waals surface area (Å²) in [6.07, 6.45) is 0. The summed E-state index contributed by atoms with van der Waals surface area (Å²) in [6, 6.07) is 1.85. The topological polar surface area (TPSA) is 71.3 Å². The predicted molar refractivity (Wildman–Crippen MR) is 78.4 cm³/mol. The van der Waals surface area contributed by atoms with E-state index in [4.69, 9.17) is 4.42 Å². The molecular formula is C12H21BrN2O3S. The highest BCUT2D eigenvalue weighted by atomic mass is 79.9. The molecule has 1 rings (SSSR count). The summed E-state index contributed by atoms with van der Waals surface area (Å²) in [5, 5.41) is 3.17. The van der Waals surface area contributed by atoms with E-state index in [-0.39, 0.29) is 15.5 Å². The molecule has 1 heterocycles. The van der Waals surface area contributed by atoms with Crippen LogP contribution in [0.1, 0.15) is 33.5 Å². The summed E-state index contributed by atoms with van der Waals surface area (Å²) in [5.74, 6) is 0.841. The highest BCUT2D eigenvalue weighted by Gasteiger charge is 2.22. The van der Waals surface area contributed by atoms with E-state index in [1.54, 1.807) is 6.07 Å². The minimum absolute atomic E-state index is 0.147. The number of furan rings is 1. The third-order valence-corrected chi connectivity index (χ3v) is 4.64. The first kappa shape index (κ1) is 16.7. The first-order chi connectivity index (χ1) is 8.72. The van der Waals surface area contributed by atoms with Gasteiger partial charge in [-0.05, 0) is 21.8 Å². The van der Waals surface area contributed by atoms with Crippen LogP contribution in [-0.4, -0.2) is 21.0 Å². The molecule has 0 aromatic carbocycles. The fourth-order valence-corrected chi connectivity index (χ4v) is 3.54. The van der Waals surface area contributed by atoms with Crippen LogP contribution in [0.2, 0.25) is 0 Å². The van der Waals surface area contributed by atoms with Crippen molar-refractivity contribution >= 4 is 26.0 Å². The molecule has 0 atom stereocenters. The van der Waals surface area contributed by atoms with Crippen LogP contribution in [0.3, 0.4) is 0 Å². The molecule has 2 N–H and O–H groups in total. The molecule has 0 bridgehead atoms. The minimum Gasteiger partial charge on any atom is -0.452 e. The van der Waals surface area contributed by atoms with Crippen molar-refractivity contribution in [2.45, 2.75) is 45.2 Å². The lowest BCUT2D eigenvalue weighted by Crippen LogP contribution is -2.27. The highest BCUT2D eigenvalue weighted by molar-refractivity contribution is 9.10.